The highest BCUT2D eigenvalue weighted by Gasteiger charge is 2.20. The van der Waals surface area contributed by atoms with Gasteiger partial charge in [-0.1, -0.05) is 6.07 Å². The molecule has 19 heavy (non-hydrogen) atoms. The van der Waals surface area contributed by atoms with Crippen molar-refractivity contribution >= 4 is 24.8 Å². The van der Waals surface area contributed by atoms with Crippen molar-refractivity contribution in [2.24, 2.45) is 0 Å². The highest BCUT2D eigenvalue weighted by Crippen LogP contribution is 2.31. The summed E-state index contributed by atoms with van der Waals surface area (Å²) in [6, 6.07) is 5.76. The van der Waals surface area contributed by atoms with E-state index in [2.05, 4.69) is 17.1 Å². The highest BCUT2D eigenvalue weighted by atomic mass is 35.5. The van der Waals surface area contributed by atoms with E-state index < -0.39 is 0 Å². The van der Waals surface area contributed by atoms with Crippen LogP contribution in [-0.2, 0) is 0 Å². The van der Waals surface area contributed by atoms with Crippen molar-refractivity contribution in [3.63, 3.8) is 0 Å². The van der Waals surface area contributed by atoms with Crippen LogP contribution in [0.3, 0.4) is 0 Å². The maximum atomic E-state index is 10.0. The van der Waals surface area contributed by atoms with E-state index in [1.807, 2.05) is 12.1 Å². The summed E-state index contributed by atoms with van der Waals surface area (Å²) in [5.41, 5.74) is 0.965. The summed E-state index contributed by atoms with van der Waals surface area (Å²) < 4.78 is 5.09. The fraction of sp³-hybridized carbons (Fsp3) is 0.538. The largest absolute Gasteiger partial charge is 0.507 e. The van der Waals surface area contributed by atoms with Crippen LogP contribution in [0.4, 0.5) is 0 Å². The Morgan fingerprint density at radius 2 is 1.89 bits per heavy atom. The second kappa shape index (κ2) is 8.48. The first-order valence-electron chi connectivity index (χ1n) is 6.04. The van der Waals surface area contributed by atoms with E-state index in [1.165, 1.54) is 0 Å². The molecule has 0 amide bonds. The summed E-state index contributed by atoms with van der Waals surface area (Å²) in [7, 11) is 1.61. The Hall–Kier alpha value is -0.680. The molecule has 0 aromatic heterocycles. The molecule has 0 bridgehead atoms. The first kappa shape index (κ1) is 18.3. The standard InChI is InChI=1S/C13H20N2O2.2ClH/c1-10(15-7-5-14-6-8-15)12-4-3-11(17-2)9-13(12)16;;/h3-4,9-10,14,16H,5-8H2,1-2H3;2*1H/t10-;;/m1../s1. The van der Waals surface area contributed by atoms with E-state index in [-0.39, 0.29) is 30.9 Å². The predicted molar refractivity (Wildman–Crippen MR) is 82.0 cm³/mol. The number of nitrogens with one attached hydrogen (secondary N) is 1. The second-order valence-electron chi connectivity index (χ2n) is 4.39. The molecule has 0 spiro atoms. The maximum Gasteiger partial charge on any atom is 0.124 e. The highest BCUT2D eigenvalue weighted by molar-refractivity contribution is 5.85. The van der Waals surface area contributed by atoms with Gasteiger partial charge in [0.25, 0.3) is 0 Å². The molecular weight excluding hydrogens is 287 g/mol. The Bertz CT molecular complexity index is 385. The van der Waals surface area contributed by atoms with Crippen LogP contribution < -0.4 is 10.1 Å². The van der Waals surface area contributed by atoms with Crippen LogP contribution in [0, 0.1) is 0 Å². The molecule has 110 valence electrons. The molecule has 1 aromatic carbocycles. The topological polar surface area (TPSA) is 44.7 Å². The van der Waals surface area contributed by atoms with Gasteiger partial charge in [0.05, 0.1) is 7.11 Å². The van der Waals surface area contributed by atoms with Gasteiger partial charge >= 0.3 is 0 Å². The summed E-state index contributed by atoms with van der Waals surface area (Å²) in [5.74, 6) is 1.01. The number of rotatable bonds is 3. The van der Waals surface area contributed by atoms with Gasteiger partial charge in [-0.2, -0.15) is 0 Å². The Kier molecular flexibility index (Phi) is 8.18. The van der Waals surface area contributed by atoms with Crippen LogP contribution in [0.2, 0.25) is 0 Å². The molecule has 1 atom stereocenters. The fourth-order valence-electron chi connectivity index (χ4n) is 2.27. The summed E-state index contributed by atoms with van der Waals surface area (Å²) in [4.78, 5) is 2.37. The zero-order chi connectivity index (χ0) is 12.3. The predicted octanol–water partition coefficient (Wildman–Crippen LogP) is 2.21. The number of hydrogen-bond donors (Lipinski definition) is 2. The van der Waals surface area contributed by atoms with Crippen LogP contribution in [0.5, 0.6) is 11.5 Å². The molecule has 2 N–H and O–H groups in total. The molecule has 1 saturated heterocycles. The number of aromatic hydroxyl groups is 1. The number of halogens is 2. The van der Waals surface area contributed by atoms with Gasteiger partial charge in [-0.25, -0.2) is 0 Å². The number of methoxy groups -OCH3 is 1. The normalized spacial score (nSPS) is 16.9. The first-order chi connectivity index (χ1) is 8.22. The zero-order valence-corrected chi connectivity index (χ0v) is 12.9. The molecule has 1 aromatic rings. The van der Waals surface area contributed by atoms with Gasteiger partial charge in [-0.05, 0) is 13.0 Å². The van der Waals surface area contributed by atoms with Crippen molar-refractivity contribution < 1.29 is 9.84 Å². The lowest BCUT2D eigenvalue weighted by Crippen LogP contribution is -2.44. The summed E-state index contributed by atoms with van der Waals surface area (Å²) in [6.07, 6.45) is 0. The molecule has 1 aliphatic heterocycles. The van der Waals surface area contributed by atoms with Crippen molar-refractivity contribution in [1.29, 1.82) is 0 Å². The van der Waals surface area contributed by atoms with Crippen molar-refractivity contribution in [2.45, 2.75) is 13.0 Å². The number of piperazine rings is 1. The van der Waals surface area contributed by atoms with Crippen LogP contribution in [0.15, 0.2) is 18.2 Å². The number of benzene rings is 1. The number of ether oxygens (including phenoxy) is 1. The molecule has 1 aliphatic rings. The van der Waals surface area contributed by atoms with Crippen LogP contribution >= 0.6 is 24.8 Å². The minimum Gasteiger partial charge on any atom is -0.507 e. The van der Waals surface area contributed by atoms with E-state index in [0.29, 0.717) is 11.5 Å². The Labute approximate surface area is 127 Å². The molecule has 1 heterocycles. The molecule has 2 rings (SSSR count). The third-order valence-electron chi connectivity index (χ3n) is 3.39. The molecule has 4 nitrogen and oxygen atoms in total. The third-order valence-corrected chi connectivity index (χ3v) is 3.39. The average Bonchev–Trinajstić information content (AvgIpc) is 2.39. The molecule has 0 aliphatic carbocycles. The zero-order valence-electron chi connectivity index (χ0n) is 11.3. The molecule has 6 heteroatoms. The number of hydrogen-bond acceptors (Lipinski definition) is 4. The number of nitrogens with zero attached hydrogens (tertiary/aromatic N) is 1. The van der Waals surface area contributed by atoms with Crippen molar-refractivity contribution in [3.05, 3.63) is 23.8 Å². The quantitative estimate of drug-likeness (QED) is 0.898. The van der Waals surface area contributed by atoms with E-state index in [9.17, 15) is 5.11 Å². The smallest absolute Gasteiger partial charge is 0.124 e. The van der Waals surface area contributed by atoms with Crippen LogP contribution in [0.25, 0.3) is 0 Å². The lowest BCUT2D eigenvalue weighted by atomic mass is 10.0. The van der Waals surface area contributed by atoms with Crippen molar-refractivity contribution in [3.8, 4) is 11.5 Å². The maximum absolute atomic E-state index is 10.0. The van der Waals surface area contributed by atoms with E-state index in [1.54, 1.807) is 13.2 Å². The number of phenols is 1. The minimum atomic E-state index is 0. The molecule has 1 fully saturated rings. The molecule has 0 saturated carbocycles. The van der Waals surface area contributed by atoms with Gasteiger partial charge in [-0.3, -0.25) is 4.90 Å². The van der Waals surface area contributed by atoms with Crippen molar-refractivity contribution in [2.75, 3.05) is 33.3 Å². The Balaban J connectivity index is 0.00000162. The third kappa shape index (κ3) is 4.42. The van der Waals surface area contributed by atoms with Crippen LogP contribution in [0.1, 0.15) is 18.5 Å². The van der Waals surface area contributed by atoms with Gasteiger partial charge in [0.1, 0.15) is 11.5 Å². The Morgan fingerprint density at radius 3 is 2.42 bits per heavy atom. The van der Waals surface area contributed by atoms with Gasteiger partial charge in [-0.15, -0.1) is 24.8 Å². The average molecular weight is 309 g/mol. The van der Waals surface area contributed by atoms with Gasteiger partial charge in [0, 0.05) is 43.9 Å². The van der Waals surface area contributed by atoms with E-state index in [0.717, 1.165) is 31.7 Å². The molecule has 0 unspecified atom stereocenters. The summed E-state index contributed by atoms with van der Waals surface area (Å²) in [5, 5.41) is 13.3. The van der Waals surface area contributed by atoms with E-state index in [4.69, 9.17) is 4.74 Å². The molecule has 0 radical (unpaired) electrons. The lowest BCUT2D eigenvalue weighted by Gasteiger charge is -2.33. The number of phenolic OH excluding ortho intramolecular Hbond substituents is 1. The SMILES string of the molecule is COc1ccc([C@@H](C)N2CCNCC2)c(O)c1.Cl.Cl. The Morgan fingerprint density at radius 1 is 1.26 bits per heavy atom. The second-order valence-corrected chi connectivity index (χ2v) is 4.39. The van der Waals surface area contributed by atoms with Gasteiger partial charge in [0.15, 0.2) is 0 Å². The monoisotopic (exact) mass is 308 g/mol. The van der Waals surface area contributed by atoms with E-state index >= 15 is 0 Å². The van der Waals surface area contributed by atoms with Crippen molar-refractivity contribution in [1.82, 2.24) is 10.2 Å². The summed E-state index contributed by atoms with van der Waals surface area (Å²) in [6.45, 7) is 6.20. The lowest BCUT2D eigenvalue weighted by molar-refractivity contribution is 0.183. The van der Waals surface area contributed by atoms with Crippen LogP contribution in [-0.4, -0.2) is 43.3 Å². The van der Waals surface area contributed by atoms with Gasteiger partial charge < -0.3 is 15.2 Å². The van der Waals surface area contributed by atoms with Gasteiger partial charge in [0.2, 0.25) is 0 Å². The first-order valence-corrected chi connectivity index (χ1v) is 6.04. The summed E-state index contributed by atoms with van der Waals surface area (Å²) >= 11 is 0. The molecular formula is C13H22Cl2N2O2. The fourth-order valence-corrected chi connectivity index (χ4v) is 2.27. The minimum absolute atomic E-state index is 0.